The maximum absolute atomic E-state index is 11.9. The summed E-state index contributed by atoms with van der Waals surface area (Å²) in [6.45, 7) is 0. The molecule has 3 unspecified atom stereocenters. The van der Waals surface area contributed by atoms with Gasteiger partial charge in [-0.25, -0.2) is 0 Å². The number of hydrogen-bond donors (Lipinski definition) is 0. The Balaban J connectivity index is 1.83. The zero-order valence-electron chi connectivity index (χ0n) is 9.37. The molecule has 0 N–H and O–H groups in total. The molecule has 2 bridgehead atoms. The fourth-order valence-electron chi connectivity index (χ4n) is 4.04. The second-order valence-corrected chi connectivity index (χ2v) is 5.59. The van der Waals surface area contributed by atoms with Crippen LogP contribution in [0.4, 0.5) is 0 Å². The lowest BCUT2D eigenvalue weighted by Crippen LogP contribution is -2.32. The maximum Gasteiger partial charge on any atom is 0.162 e. The molecule has 0 saturated heterocycles. The number of ketones is 1. The van der Waals surface area contributed by atoms with Crippen LogP contribution in [0.15, 0.2) is 23.3 Å². The van der Waals surface area contributed by atoms with Gasteiger partial charge in [-0.1, -0.05) is 17.7 Å². The van der Waals surface area contributed by atoms with E-state index >= 15 is 0 Å². The van der Waals surface area contributed by atoms with Gasteiger partial charge >= 0.3 is 0 Å². The minimum absolute atomic E-state index is 0.00468. The molecule has 4 aliphatic rings. The summed E-state index contributed by atoms with van der Waals surface area (Å²) < 4.78 is 6.23. The van der Waals surface area contributed by atoms with Gasteiger partial charge in [0.25, 0.3) is 0 Å². The van der Waals surface area contributed by atoms with E-state index in [9.17, 15) is 4.79 Å². The zero-order chi connectivity index (χ0) is 10.8. The van der Waals surface area contributed by atoms with Crippen molar-refractivity contribution in [3.8, 4) is 0 Å². The molecule has 0 amide bonds. The predicted octanol–water partition coefficient (Wildman–Crippen LogP) is 2.54. The van der Waals surface area contributed by atoms with E-state index in [0.717, 1.165) is 31.3 Å². The third-order valence-electron chi connectivity index (χ3n) is 4.82. The molecule has 2 aliphatic carbocycles. The number of carbonyl (C=O) groups excluding carboxylic acids is 1. The van der Waals surface area contributed by atoms with Gasteiger partial charge in [0.1, 0.15) is 6.10 Å². The molecule has 84 valence electrons. The molecule has 2 heterocycles. The van der Waals surface area contributed by atoms with Crippen molar-refractivity contribution in [3.05, 3.63) is 23.3 Å². The summed E-state index contributed by atoms with van der Waals surface area (Å²) >= 11 is 0. The molecule has 16 heavy (non-hydrogen) atoms. The average molecular weight is 216 g/mol. The normalized spacial score (nSPS) is 44.9. The first-order valence-electron chi connectivity index (χ1n) is 6.41. The van der Waals surface area contributed by atoms with Crippen LogP contribution in [0.25, 0.3) is 0 Å². The minimum Gasteiger partial charge on any atom is -0.358 e. The lowest BCUT2D eigenvalue weighted by molar-refractivity contribution is -0.116. The van der Waals surface area contributed by atoms with Crippen molar-refractivity contribution in [2.45, 2.75) is 50.2 Å². The van der Waals surface area contributed by atoms with E-state index in [2.05, 4.69) is 12.2 Å². The quantitative estimate of drug-likeness (QED) is 0.582. The van der Waals surface area contributed by atoms with E-state index in [1.54, 1.807) is 0 Å². The molecule has 0 aromatic heterocycles. The molecule has 0 radical (unpaired) electrons. The van der Waals surface area contributed by atoms with Gasteiger partial charge in [0.05, 0.1) is 5.60 Å². The smallest absolute Gasteiger partial charge is 0.162 e. The molecule has 1 saturated carbocycles. The molecule has 2 nitrogen and oxygen atoms in total. The number of Topliss-reactive ketones (excluding diaryl/α,β-unsaturated/α-hetero) is 1. The molecule has 4 rings (SSSR count). The van der Waals surface area contributed by atoms with E-state index in [4.69, 9.17) is 4.74 Å². The van der Waals surface area contributed by atoms with Crippen LogP contribution in [0.3, 0.4) is 0 Å². The van der Waals surface area contributed by atoms with Crippen molar-refractivity contribution in [3.63, 3.8) is 0 Å². The van der Waals surface area contributed by atoms with Crippen LogP contribution in [0, 0.1) is 5.92 Å². The van der Waals surface area contributed by atoms with Crippen molar-refractivity contribution in [2.75, 3.05) is 0 Å². The Hall–Kier alpha value is -0.890. The van der Waals surface area contributed by atoms with Gasteiger partial charge < -0.3 is 4.74 Å². The van der Waals surface area contributed by atoms with Crippen molar-refractivity contribution in [1.82, 2.24) is 0 Å². The highest BCUT2D eigenvalue weighted by Crippen LogP contribution is 2.52. The number of carbonyl (C=O) groups is 1. The van der Waals surface area contributed by atoms with Gasteiger partial charge in [0, 0.05) is 12.0 Å². The fourth-order valence-corrected chi connectivity index (χ4v) is 4.04. The van der Waals surface area contributed by atoms with E-state index in [1.165, 1.54) is 18.4 Å². The zero-order valence-corrected chi connectivity index (χ0v) is 9.37. The third kappa shape index (κ3) is 0.988. The van der Waals surface area contributed by atoms with Crippen LogP contribution >= 0.6 is 0 Å². The van der Waals surface area contributed by atoms with Crippen LogP contribution in [0.5, 0.6) is 0 Å². The molecule has 1 fully saturated rings. The van der Waals surface area contributed by atoms with Gasteiger partial charge in [-0.15, -0.1) is 0 Å². The van der Waals surface area contributed by atoms with E-state index in [1.807, 2.05) is 0 Å². The first kappa shape index (κ1) is 9.17. The van der Waals surface area contributed by atoms with E-state index < -0.39 is 0 Å². The number of hydrogen-bond acceptors (Lipinski definition) is 2. The molecule has 0 aromatic rings. The number of rotatable bonds is 0. The second-order valence-electron chi connectivity index (χ2n) is 5.59. The van der Waals surface area contributed by atoms with Gasteiger partial charge in [0.15, 0.2) is 5.78 Å². The van der Waals surface area contributed by atoms with Gasteiger partial charge in [-0.05, 0) is 38.0 Å². The Morgan fingerprint density at radius 2 is 2.31 bits per heavy atom. The molecular weight excluding hydrogens is 200 g/mol. The summed E-state index contributed by atoms with van der Waals surface area (Å²) in [6, 6.07) is 0. The highest BCUT2D eigenvalue weighted by atomic mass is 16.5. The van der Waals surface area contributed by atoms with Crippen LogP contribution in [-0.2, 0) is 9.53 Å². The SMILES string of the molecule is O=C1CCC2=C1C1C=CC3(CCCC3C2)O1. The lowest BCUT2D eigenvalue weighted by Gasteiger charge is -2.29. The summed E-state index contributed by atoms with van der Waals surface area (Å²) in [5.74, 6) is 0.967. The van der Waals surface area contributed by atoms with Crippen LogP contribution in [-0.4, -0.2) is 17.5 Å². The number of allylic oxidation sites excluding steroid dienone is 1. The Kier molecular flexibility index (Phi) is 1.64. The third-order valence-corrected chi connectivity index (χ3v) is 4.82. The van der Waals surface area contributed by atoms with Crippen LogP contribution in [0.1, 0.15) is 38.5 Å². The van der Waals surface area contributed by atoms with Crippen molar-refractivity contribution in [2.24, 2.45) is 5.92 Å². The molecular formula is C14H16O2. The maximum atomic E-state index is 11.9. The molecule has 0 aromatic carbocycles. The predicted molar refractivity (Wildman–Crippen MR) is 60.0 cm³/mol. The standard InChI is InChI=1S/C14H16O2/c15-11-4-3-9-8-10-2-1-6-14(10)7-5-12(16-14)13(9)11/h5,7,10,12H,1-4,6,8H2. The first-order valence-corrected chi connectivity index (χ1v) is 6.41. The van der Waals surface area contributed by atoms with Gasteiger partial charge in [-0.2, -0.15) is 0 Å². The van der Waals surface area contributed by atoms with Crippen LogP contribution < -0.4 is 0 Å². The van der Waals surface area contributed by atoms with Gasteiger partial charge in [-0.3, -0.25) is 4.79 Å². The summed E-state index contributed by atoms with van der Waals surface area (Å²) in [4.78, 5) is 11.9. The lowest BCUT2D eigenvalue weighted by atomic mass is 9.84. The summed E-state index contributed by atoms with van der Waals surface area (Å²) in [5.41, 5.74) is 2.42. The van der Waals surface area contributed by atoms with Crippen molar-refractivity contribution in [1.29, 1.82) is 0 Å². The average Bonchev–Trinajstić information content (AvgIpc) is 2.90. The molecule has 1 spiro atoms. The van der Waals surface area contributed by atoms with E-state index in [-0.39, 0.29) is 11.7 Å². The molecule has 3 atom stereocenters. The highest BCUT2D eigenvalue weighted by molar-refractivity contribution is 6.00. The summed E-state index contributed by atoms with van der Waals surface area (Å²) in [6.07, 6.45) is 10.9. The number of ether oxygens (including phenoxy) is 1. The second kappa shape index (κ2) is 2.86. The summed E-state index contributed by atoms with van der Waals surface area (Å²) in [7, 11) is 0. The fraction of sp³-hybridized carbons (Fsp3) is 0.643. The Bertz CT molecular complexity index is 432. The topological polar surface area (TPSA) is 26.3 Å². The Labute approximate surface area is 95.4 Å². The van der Waals surface area contributed by atoms with E-state index in [0.29, 0.717) is 11.7 Å². The minimum atomic E-state index is -0.00639. The largest absolute Gasteiger partial charge is 0.358 e. The molecule has 2 aliphatic heterocycles. The highest BCUT2D eigenvalue weighted by Gasteiger charge is 2.50. The first-order chi connectivity index (χ1) is 7.78. The Morgan fingerprint density at radius 1 is 1.38 bits per heavy atom. The molecule has 2 heteroatoms. The van der Waals surface area contributed by atoms with Gasteiger partial charge in [0.2, 0.25) is 0 Å². The Morgan fingerprint density at radius 3 is 3.25 bits per heavy atom. The monoisotopic (exact) mass is 216 g/mol. The summed E-state index contributed by atoms with van der Waals surface area (Å²) in [5, 5.41) is 0. The van der Waals surface area contributed by atoms with Crippen molar-refractivity contribution < 1.29 is 9.53 Å². The number of fused-ring (bicyclic) bond motifs is 2. The van der Waals surface area contributed by atoms with Crippen molar-refractivity contribution >= 4 is 5.78 Å². The van der Waals surface area contributed by atoms with Crippen LogP contribution in [0.2, 0.25) is 0 Å².